The van der Waals surface area contributed by atoms with Crippen LogP contribution >= 0.6 is 0 Å². The van der Waals surface area contributed by atoms with Crippen molar-refractivity contribution >= 4 is 11.0 Å². The number of aromatic hydroxyl groups is 1. The van der Waals surface area contributed by atoms with Gasteiger partial charge in [-0.05, 0) is 24.3 Å². The van der Waals surface area contributed by atoms with E-state index in [4.69, 9.17) is 4.42 Å². The molecule has 0 bridgehead atoms. The van der Waals surface area contributed by atoms with Gasteiger partial charge in [0.1, 0.15) is 17.3 Å². The maximum atomic E-state index is 9.39. The van der Waals surface area contributed by atoms with Crippen molar-refractivity contribution in [2.75, 3.05) is 6.54 Å². The second kappa shape index (κ2) is 5.16. The summed E-state index contributed by atoms with van der Waals surface area (Å²) in [5.74, 6) is 2.08. The molecule has 0 aliphatic heterocycles. The standard InChI is InChI=1S/C14H15N3O2/c18-10-3-4-12-13(8-10)17-14(16-12)5-6-15-9-11-2-1-7-19-11/h1-4,7-8,15,18H,5-6,9H2,(H,16,17). The largest absolute Gasteiger partial charge is 0.508 e. The fourth-order valence-electron chi connectivity index (χ4n) is 2.00. The van der Waals surface area contributed by atoms with Crippen LogP contribution in [0.1, 0.15) is 11.6 Å². The van der Waals surface area contributed by atoms with Crippen LogP contribution in [-0.2, 0) is 13.0 Å². The minimum atomic E-state index is 0.249. The van der Waals surface area contributed by atoms with E-state index in [2.05, 4.69) is 15.3 Å². The van der Waals surface area contributed by atoms with Gasteiger partial charge < -0.3 is 19.8 Å². The summed E-state index contributed by atoms with van der Waals surface area (Å²) in [7, 11) is 0. The van der Waals surface area contributed by atoms with E-state index in [1.54, 1.807) is 24.5 Å². The highest BCUT2D eigenvalue weighted by Crippen LogP contribution is 2.17. The molecule has 0 radical (unpaired) electrons. The number of nitrogens with zero attached hydrogens (tertiary/aromatic N) is 1. The fourth-order valence-corrected chi connectivity index (χ4v) is 2.00. The second-order valence-corrected chi connectivity index (χ2v) is 4.39. The van der Waals surface area contributed by atoms with E-state index < -0.39 is 0 Å². The molecule has 0 fully saturated rings. The first-order valence-corrected chi connectivity index (χ1v) is 6.22. The summed E-state index contributed by atoms with van der Waals surface area (Å²) in [5, 5.41) is 12.7. The van der Waals surface area contributed by atoms with Crippen LogP contribution in [-0.4, -0.2) is 21.6 Å². The van der Waals surface area contributed by atoms with E-state index in [1.165, 1.54) is 0 Å². The number of benzene rings is 1. The number of furan rings is 1. The summed E-state index contributed by atoms with van der Waals surface area (Å²) in [4.78, 5) is 7.65. The summed E-state index contributed by atoms with van der Waals surface area (Å²) >= 11 is 0. The molecular formula is C14H15N3O2. The maximum absolute atomic E-state index is 9.39. The number of hydrogen-bond acceptors (Lipinski definition) is 4. The van der Waals surface area contributed by atoms with Crippen LogP contribution in [0.3, 0.4) is 0 Å². The summed E-state index contributed by atoms with van der Waals surface area (Å²) in [5.41, 5.74) is 1.74. The summed E-state index contributed by atoms with van der Waals surface area (Å²) in [6.07, 6.45) is 2.47. The number of phenols is 1. The Bertz CT molecular complexity index is 658. The first kappa shape index (κ1) is 11.8. The molecule has 98 valence electrons. The van der Waals surface area contributed by atoms with Gasteiger partial charge >= 0.3 is 0 Å². The number of aromatic amines is 1. The zero-order valence-corrected chi connectivity index (χ0v) is 10.4. The fraction of sp³-hybridized carbons (Fsp3) is 0.214. The molecule has 5 heteroatoms. The number of nitrogens with one attached hydrogen (secondary N) is 2. The smallest absolute Gasteiger partial charge is 0.117 e. The molecule has 0 amide bonds. The Balaban J connectivity index is 1.56. The lowest BCUT2D eigenvalue weighted by atomic mass is 10.3. The van der Waals surface area contributed by atoms with Gasteiger partial charge in [-0.3, -0.25) is 0 Å². The molecule has 3 aromatic rings. The lowest BCUT2D eigenvalue weighted by Crippen LogP contribution is -2.16. The Morgan fingerprint density at radius 3 is 3.11 bits per heavy atom. The highest BCUT2D eigenvalue weighted by atomic mass is 16.3. The van der Waals surface area contributed by atoms with Crippen LogP contribution in [0.4, 0.5) is 0 Å². The van der Waals surface area contributed by atoms with E-state index in [0.29, 0.717) is 6.54 Å². The van der Waals surface area contributed by atoms with Crippen molar-refractivity contribution < 1.29 is 9.52 Å². The molecule has 0 saturated carbocycles. The molecule has 1 aromatic carbocycles. The Morgan fingerprint density at radius 2 is 2.26 bits per heavy atom. The van der Waals surface area contributed by atoms with Crippen molar-refractivity contribution in [2.24, 2.45) is 0 Å². The number of H-pyrrole nitrogens is 1. The van der Waals surface area contributed by atoms with E-state index >= 15 is 0 Å². The average Bonchev–Trinajstić information content (AvgIpc) is 3.02. The number of aromatic nitrogens is 2. The number of imidazole rings is 1. The topological polar surface area (TPSA) is 74.1 Å². The molecule has 0 unspecified atom stereocenters. The van der Waals surface area contributed by atoms with Gasteiger partial charge in [0.25, 0.3) is 0 Å². The van der Waals surface area contributed by atoms with Gasteiger partial charge in [0.15, 0.2) is 0 Å². The summed E-state index contributed by atoms with van der Waals surface area (Å²) < 4.78 is 5.23. The normalized spacial score (nSPS) is 11.2. The van der Waals surface area contributed by atoms with Gasteiger partial charge in [-0.25, -0.2) is 4.98 Å². The van der Waals surface area contributed by atoms with Gasteiger partial charge in [-0.2, -0.15) is 0 Å². The Hall–Kier alpha value is -2.27. The lowest BCUT2D eigenvalue weighted by molar-refractivity contribution is 0.476. The van der Waals surface area contributed by atoms with Crippen LogP contribution in [0.15, 0.2) is 41.0 Å². The van der Waals surface area contributed by atoms with Gasteiger partial charge in [0, 0.05) is 19.0 Å². The van der Waals surface area contributed by atoms with E-state index in [0.717, 1.165) is 35.6 Å². The first-order chi connectivity index (χ1) is 9.31. The molecule has 0 atom stereocenters. The molecule has 0 aliphatic carbocycles. The van der Waals surface area contributed by atoms with Gasteiger partial charge in [0.05, 0.1) is 23.8 Å². The average molecular weight is 257 g/mol. The Morgan fingerprint density at radius 1 is 1.32 bits per heavy atom. The highest BCUT2D eigenvalue weighted by molar-refractivity contribution is 5.76. The molecule has 3 rings (SSSR count). The third-order valence-electron chi connectivity index (χ3n) is 2.93. The molecule has 3 N–H and O–H groups in total. The molecule has 2 heterocycles. The van der Waals surface area contributed by atoms with Gasteiger partial charge in [-0.15, -0.1) is 0 Å². The Labute approximate surface area is 110 Å². The second-order valence-electron chi connectivity index (χ2n) is 4.39. The van der Waals surface area contributed by atoms with Crippen molar-refractivity contribution in [3.63, 3.8) is 0 Å². The third-order valence-corrected chi connectivity index (χ3v) is 2.93. The number of rotatable bonds is 5. The van der Waals surface area contributed by atoms with Crippen molar-refractivity contribution in [2.45, 2.75) is 13.0 Å². The molecule has 0 aliphatic rings. The van der Waals surface area contributed by atoms with E-state index in [1.807, 2.05) is 12.1 Å². The zero-order valence-electron chi connectivity index (χ0n) is 10.4. The predicted molar refractivity (Wildman–Crippen MR) is 71.9 cm³/mol. The minimum Gasteiger partial charge on any atom is -0.508 e. The molecule has 2 aromatic heterocycles. The molecule has 5 nitrogen and oxygen atoms in total. The van der Waals surface area contributed by atoms with Crippen molar-refractivity contribution in [1.82, 2.24) is 15.3 Å². The number of phenolic OH excluding ortho intramolecular Hbond substituents is 1. The van der Waals surface area contributed by atoms with E-state index in [-0.39, 0.29) is 5.75 Å². The SMILES string of the molecule is Oc1ccc2nc(CCNCc3ccco3)[nH]c2c1. The molecule has 0 saturated heterocycles. The minimum absolute atomic E-state index is 0.249. The van der Waals surface area contributed by atoms with Crippen LogP contribution < -0.4 is 5.32 Å². The number of fused-ring (bicyclic) bond motifs is 1. The highest BCUT2D eigenvalue weighted by Gasteiger charge is 2.03. The molecule has 0 spiro atoms. The van der Waals surface area contributed by atoms with Crippen molar-refractivity contribution in [3.05, 3.63) is 48.2 Å². The van der Waals surface area contributed by atoms with Crippen LogP contribution in [0.25, 0.3) is 11.0 Å². The van der Waals surface area contributed by atoms with Gasteiger partial charge in [0.2, 0.25) is 0 Å². The first-order valence-electron chi connectivity index (χ1n) is 6.22. The number of hydrogen-bond donors (Lipinski definition) is 3. The van der Waals surface area contributed by atoms with Crippen LogP contribution in [0, 0.1) is 0 Å². The van der Waals surface area contributed by atoms with Crippen molar-refractivity contribution in [3.8, 4) is 5.75 Å². The van der Waals surface area contributed by atoms with Crippen LogP contribution in [0.5, 0.6) is 5.75 Å². The van der Waals surface area contributed by atoms with Gasteiger partial charge in [-0.1, -0.05) is 0 Å². The quantitative estimate of drug-likeness (QED) is 0.612. The zero-order chi connectivity index (χ0) is 13.1. The molecule has 19 heavy (non-hydrogen) atoms. The maximum Gasteiger partial charge on any atom is 0.117 e. The lowest BCUT2D eigenvalue weighted by Gasteiger charge is -2.00. The third kappa shape index (κ3) is 2.77. The van der Waals surface area contributed by atoms with Crippen molar-refractivity contribution in [1.29, 1.82) is 0 Å². The van der Waals surface area contributed by atoms with E-state index in [9.17, 15) is 5.11 Å². The van der Waals surface area contributed by atoms with Crippen LogP contribution in [0.2, 0.25) is 0 Å². The summed E-state index contributed by atoms with van der Waals surface area (Å²) in [6, 6.07) is 8.95. The summed E-state index contributed by atoms with van der Waals surface area (Å²) in [6.45, 7) is 1.53. The monoisotopic (exact) mass is 257 g/mol. The predicted octanol–water partition coefficient (Wildman–Crippen LogP) is 2.19. The Kier molecular flexibility index (Phi) is 3.20. The molecular weight excluding hydrogens is 242 g/mol.